The molecule has 2 atom stereocenters. The van der Waals surface area contributed by atoms with Crippen LogP contribution in [-0.4, -0.2) is 35.0 Å². The molecule has 4 nitrogen and oxygen atoms in total. The van der Waals surface area contributed by atoms with Gasteiger partial charge in [-0.3, -0.25) is 9.59 Å². The van der Waals surface area contributed by atoms with E-state index < -0.39 is 5.97 Å². The predicted octanol–water partition coefficient (Wildman–Crippen LogP) is 3.01. The number of carbonyl (C=O) groups excluding carboxylic acids is 1. The Kier molecular flexibility index (Phi) is 4.88. The Hall–Kier alpha value is -1.55. The highest BCUT2D eigenvalue weighted by atomic mass is 35.5. The van der Waals surface area contributed by atoms with Gasteiger partial charge in [-0.15, -0.1) is 0 Å². The van der Waals surface area contributed by atoms with E-state index in [0.717, 1.165) is 12.0 Å². The monoisotopic (exact) mass is 309 g/mol. The maximum atomic E-state index is 12.5. The van der Waals surface area contributed by atoms with Gasteiger partial charge in [0.2, 0.25) is 5.91 Å². The summed E-state index contributed by atoms with van der Waals surface area (Å²) in [6.07, 6.45) is 0.747. The summed E-state index contributed by atoms with van der Waals surface area (Å²) in [4.78, 5) is 24.9. The van der Waals surface area contributed by atoms with Crippen molar-refractivity contribution in [1.29, 1.82) is 0 Å². The fourth-order valence-electron chi connectivity index (χ4n) is 2.66. The molecule has 1 amide bonds. The lowest BCUT2D eigenvalue weighted by Gasteiger charge is -2.23. The third-order valence-corrected chi connectivity index (χ3v) is 3.98. The zero-order chi connectivity index (χ0) is 15.6. The molecule has 114 valence electrons. The highest BCUT2D eigenvalue weighted by Crippen LogP contribution is 2.50. The fourth-order valence-corrected chi connectivity index (χ4v) is 2.93. The van der Waals surface area contributed by atoms with Crippen LogP contribution in [-0.2, 0) is 9.59 Å². The number of carboxylic acids is 1. The molecule has 1 aliphatic carbocycles. The van der Waals surface area contributed by atoms with Crippen molar-refractivity contribution in [3.05, 3.63) is 34.9 Å². The lowest BCUT2D eigenvalue weighted by molar-refractivity contribution is -0.145. The Balaban J connectivity index is 2.06. The number of rotatable bonds is 6. The van der Waals surface area contributed by atoms with Gasteiger partial charge in [-0.1, -0.05) is 43.6 Å². The zero-order valence-electron chi connectivity index (χ0n) is 12.3. The maximum absolute atomic E-state index is 12.5. The Morgan fingerprint density at radius 3 is 2.62 bits per heavy atom. The molecular weight excluding hydrogens is 290 g/mol. The van der Waals surface area contributed by atoms with E-state index >= 15 is 0 Å². The second kappa shape index (κ2) is 6.48. The third kappa shape index (κ3) is 3.97. The summed E-state index contributed by atoms with van der Waals surface area (Å²) in [5, 5.41) is 9.63. The molecule has 1 fully saturated rings. The number of hydrogen-bond acceptors (Lipinski definition) is 2. The van der Waals surface area contributed by atoms with Crippen LogP contribution in [0.1, 0.15) is 31.7 Å². The molecule has 1 aromatic rings. The van der Waals surface area contributed by atoms with E-state index in [-0.39, 0.29) is 30.2 Å². The normalized spacial score (nSPS) is 20.4. The van der Waals surface area contributed by atoms with E-state index in [1.165, 1.54) is 4.90 Å². The molecule has 0 radical (unpaired) electrons. The molecule has 0 heterocycles. The first-order valence-electron chi connectivity index (χ1n) is 7.15. The first-order valence-corrected chi connectivity index (χ1v) is 7.53. The first-order chi connectivity index (χ1) is 9.90. The lowest BCUT2D eigenvalue weighted by atomic mass is 10.1. The molecule has 21 heavy (non-hydrogen) atoms. The summed E-state index contributed by atoms with van der Waals surface area (Å²) in [6, 6.07) is 7.52. The van der Waals surface area contributed by atoms with Gasteiger partial charge in [-0.25, -0.2) is 0 Å². The van der Waals surface area contributed by atoms with Crippen molar-refractivity contribution in [2.75, 3.05) is 13.1 Å². The Labute approximate surface area is 129 Å². The van der Waals surface area contributed by atoms with Crippen LogP contribution in [0.25, 0.3) is 0 Å². The fraction of sp³-hybridized carbons (Fsp3) is 0.500. The van der Waals surface area contributed by atoms with E-state index in [2.05, 4.69) is 0 Å². The van der Waals surface area contributed by atoms with Crippen molar-refractivity contribution in [3.8, 4) is 0 Å². The molecule has 0 aliphatic heterocycles. The molecule has 0 saturated heterocycles. The quantitative estimate of drug-likeness (QED) is 0.879. The van der Waals surface area contributed by atoms with Crippen molar-refractivity contribution in [1.82, 2.24) is 4.90 Å². The van der Waals surface area contributed by atoms with Gasteiger partial charge >= 0.3 is 5.97 Å². The third-order valence-electron chi connectivity index (χ3n) is 3.64. The van der Waals surface area contributed by atoms with Gasteiger partial charge < -0.3 is 10.0 Å². The number of hydrogen-bond donors (Lipinski definition) is 1. The number of aliphatic carboxylic acids is 1. The minimum Gasteiger partial charge on any atom is -0.480 e. The molecule has 5 heteroatoms. The molecule has 0 aromatic heterocycles. The van der Waals surface area contributed by atoms with Crippen LogP contribution < -0.4 is 0 Å². The smallest absolute Gasteiger partial charge is 0.323 e. The standard InChI is InChI=1S/C16H20ClNO3/c1-10(2)8-18(9-15(19)20)16(21)13-7-12(13)11-5-3-4-6-14(11)17/h3-6,10,12-13H,7-9H2,1-2H3,(H,19,20). The summed E-state index contributed by atoms with van der Waals surface area (Å²) in [7, 11) is 0. The van der Waals surface area contributed by atoms with Crippen LogP contribution in [0.2, 0.25) is 5.02 Å². The second-order valence-corrected chi connectivity index (χ2v) is 6.38. The maximum Gasteiger partial charge on any atom is 0.323 e. The summed E-state index contributed by atoms with van der Waals surface area (Å²) in [5.41, 5.74) is 0.984. The minimum absolute atomic E-state index is 0.0731. The van der Waals surface area contributed by atoms with E-state index in [4.69, 9.17) is 16.7 Å². The molecule has 1 N–H and O–H groups in total. The van der Waals surface area contributed by atoms with Gasteiger partial charge in [-0.2, -0.15) is 0 Å². The first kappa shape index (κ1) is 15.8. The van der Waals surface area contributed by atoms with Gasteiger partial charge in [0, 0.05) is 17.5 Å². The number of nitrogens with zero attached hydrogens (tertiary/aromatic N) is 1. The number of carbonyl (C=O) groups is 2. The molecule has 2 unspecified atom stereocenters. The Morgan fingerprint density at radius 2 is 2.05 bits per heavy atom. The number of carboxylic acid groups (broad SMARTS) is 1. The molecule has 1 aliphatic rings. The Bertz CT molecular complexity index is 544. The van der Waals surface area contributed by atoms with Crippen molar-refractivity contribution in [3.63, 3.8) is 0 Å². The highest BCUT2D eigenvalue weighted by molar-refractivity contribution is 6.31. The van der Waals surface area contributed by atoms with Crippen molar-refractivity contribution < 1.29 is 14.7 Å². The molecule has 1 saturated carbocycles. The minimum atomic E-state index is -0.973. The summed E-state index contributed by atoms with van der Waals surface area (Å²) in [5.74, 6) is -0.821. The van der Waals surface area contributed by atoms with E-state index in [1.54, 1.807) is 0 Å². The van der Waals surface area contributed by atoms with Crippen molar-refractivity contribution >= 4 is 23.5 Å². The molecule has 0 spiro atoms. The van der Waals surface area contributed by atoms with Crippen LogP contribution in [0.15, 0.2) is 24.3 Å². The predicted molar refractivity (Wildman–Crippen MR) is 81.4 cm³/mol. The van der Waals surface area contributed by atoms with Gasteiger partial charge in [-0.05, 0) is 29.9 Å². The summed E-state index contributed by atoms with van der Waals surface area (Å²) >= 11 is 6.16. The average molecular weight is 310 g/mol. The van der Waals surface area contributed by atoms with Crippen LogP contribution >= 0.6 is 11.6 Å². The Morgan fingerprint density at radius 1 is 1.38 bits per heavy atom. The van der Waals surface area contributed by atoms with E-state index in [1.807, 2.05) is 38.1 Å². The SMILES string of the molecule is CC(C)CN(CC(=O)O)C(=O)C1CC1c1ccccc1Cl. The van der Waals surface area contributed by atoms with Crippen LogP contribution in [0, 0.1) is 11.8 Å². The average Bonchev–Trinajstić information content (AvgIpc) is 3.16. The van der Waals surface area contributed by atoms with Gasteiger partial charge in [0.25, 0.3) is 0 Å². The van der Waals surface area contributed by atoms with Gasteiger partial charge in [0.05, 0.1) is 0 Å². The molecular formula is C16H20ClNO3. The largest absolute Gasteiger partial charge is 0.480 e. The van der Waals surface area contributed by atoms with Crippen LogP contribution in [0.4, 0.5) is 0 Å². The topological polar surface area (TPSA) is 57.6 Å². The van der Waals surface area contributed by atoms with Crippen molar-refractivity contribution in [2.45, 2.75) is 26.2 Å². The number of benzene rings is 1. The van der Waals surface area contributed by atoms with Crippen LogP contribution in [0.3, 0.4) is 0 Å². The lowest BCUT2D eigenvalue weighted by Crippen LogP contribution is -2.39. The summed E-state index contributed by atoms with van der Waals surface area (Å²) < 4.78 is 0. The van der Waals surface area contributed by atoms with Gasteiger partial charge in [0.15, 0.2) is 0 Å². The van der Waals surface area contributed by atoms with E-state index in [9.17, 15) is 9.59 Å². The van der Waals surface area contributed by atoms with Gasteiger partial charge in [0.1, 0.15) is 6.54 Å². The van der Waals surface area contributed by atoms with Crippen LogP contribution in [0.5, 0.6) is 0 Å². The number of halogens is 1. The molecule has 2 rings (SSSR count). The van der Waals surface area contributed by atoms with Crippen molar-refractivity contribution in [2.24, 2.45) is 11.8 Å². The highest BCUT2D eigenvalue weighted by Gasteiger charge is 2.46. The summed E-state index contributed by atoms with van der Waals surface area (Å²) in [6.45, 7) is 4.18. The zero-order valence-corrected chi connectivity index (χ0v) is 13.0. The van der Waals surface area contributed by atoms with E-state index in [0.29, 0.717) is 11.6 Å². The second-order valence-electron chi connectivity index (χ2n) is 5.98. The number of amides is 1. The molecule has 1 aromatic carbocycles. The molecule has 0 bridgehead atoms.